The van der Waals surface area contributed by atoms with Crippen LogP contribution in [-0.4, -0.2) is 34.9 Å². The number of amides is 1. The van der Waals surface area contributed by atoms with Crippen molar-refractivity contribution in [1.29, 1.82) is 0 Å². The highest BCUT2D eigenvalue weighted by atomic mass is 16.3. The van der Waals surface area contributed by atoms with Gasteiger partial charge in [-0.2, -0.15) is 0 Å². The van der Waals surface area contributed by atoms with E-state index in [0.29, 0.717) is 6.42 Å². The summed E-state index contributed by atoms with van der Waals surface area (Å²) < 4.78 is 0. The van der Waals surface area contributed by atoms with Crippen LogP contribution in [0.25, 0.3) is 0 Å². The molecule has 0 saturated heterocycles. The van der Waals surface area contributed by atoms with Crippen molar-refractivity contribution in [2.75, 3.05) is 6.61 Å². The molecule has 0 fully saturated rings. The lowest BCUT2D eigenvalue weighted by atomic mass is 10.0. The quantitative estimate of drug-likeness (QED) is 0.0423. The standard InChI is InChI=1S/C55H105NO3/c1-3-5-7-9-11-13-15-17-19-20-21-22-23-24-25-26-27-28-29-30-31-32-33-34-35-37-39-41-43-45-47-49-51-55(59)56-53(52-57)54(58)50-48-46-44-42-40-38-36-18-16-14-12-10-8-6-4-2/h24-25,40,42,48,50,53-54,57-58H,3-23,26-39,41,43-47,49,51-52H2,1-2H3,(H,56,59)/b25-24-,42-40+,50-48+. The molecule has 0 aliphatic carbocycles. The third-order valence-corrected chi connectivity index (χ3v) is 12.3. The van der Waals surface area contributed by atoms with E-state index in [0.717, 1.165) is 32.1 Å². The molecule has 4 heteroatoms. The van der Waals surface area contributed by atoms with Crippen molar-refractivity contribution in [2.24, 2.45) is 0 Å². The first kappa shape index (κ1) is 57.6. The van der Waals surface area contributed by atoms with Crippen molar-refractivity contribution in [2.45, 2.75) is 302 Å². The van der Waals surface area contributed by atoms with E-state index in [1.54, 1.807) is 6.08 Å². The molecule has 0 aliphatic heterocycles. The Hall–Kier alpha value is -1.39. The molecule has 348 valence electrons. The van der Waals surface area contributed by atoms with Gasteiger partial charge in [0, 0.05) is 6.42 Å². The zero-order valence-corrected chi connectivity index (χ0v) is 40.0. The second kappa shape index (κ2) is 51.0. The molecular formula is C55H105NO3. The highest BCUT2D eigenvalue weighted by Crippen LogP contribution is 2.16. The molecule has 0 aliphatic rings. The van der Waals surface area contributed by atoms with Gasteiger partial charge in [-0.25, -0.2) is 0 Å². The van der Waals surface area contributed by atoms with Gasteiger partial charge < -0.3 is 15.5 Å². The van der Waals surface area contributed by atoms with Crippen molar-refractivity contribution in [3.8, 4) is 0 Å². The van der Waals surface area contributed by atoms with Crippen LogP contribution in [0.4, 0.5) is 0 Å². The molecule has 0 radical (unpaired) electrons. The van der Waals surface area contributed by atoms with E-state index in [4.69, 9.17) is 0 Å². The summed E-state index contributed by atoms with van der Waals surface area (Å²) in [4.78, 5) is 12.4. The summed E-state index contributed by atoms with van der Waals surface area (Å²) in [6.45, 7) is 4.31. The molecule has 0 aromatic carbocycles. The Morgan fingerprint density at radius 2 is 0.661 bits per heavy atom. The molecule has 0 aromatic heterocycles. The van der Waals surface area contributed by atoms with Gasteiger partial charge in [-0.05, 0) is 57.8 Å². The molecule has 0 aromatic rings. The Bertz CT molecular complexity index is 897. The Balaban J connectivity index is 3.46. The number of nitrogens with one attached hydrogen (secondary N) is 1. The van der Waals surface area contributed by atoms with E-state index in [9.17, 15) is 15.0 Å². The molecular weight excluding hydrogens is 723 g/mol. The molecule has 0 saturated carbocycles. The van der Waals surface area contributed by atoms with Crippen LogP contribution in [0.15, 0.2) is 36.5 Å². The topological polar surface area (TPSA) is 69.6 Å². The predicted molar refractivity (Wildman–Crippen MR) is 262 cm³/mol. The Kier molecular flexibility index (Phi) is 49.8. The van der Waals surface area contributed by atoms with Gasteiger partial charge in [-0.1, -0.05) is 262 Å². The Morgan fingerprint density at radius 3 is 0.983 bits per heavy atom. The van der Waals surface area contributed by atoms with Crippen LogP contribution >= 0.6 is 0 Å². The summed E-state index contributed by atoms with van der Waals surface area (Å²) in [6.07, 6.45) is 68.8. The number of aliphatic hydroxyl groups excluding tert-OH is 2. The number of carbonyl (C=O) groups is 1. The minimum absolute atomic E-state index is 0.0704. The minimum atomic E-state index is -0.860. The summed E-state index contributed by atoms with van der Waals surface area (Å²) in [7, 11) is 0. The van der Waals surface area contributed by atoms with Crippen LogP contribution in [-0.2, 0) is 4.79 Å². The number of aliphatic hydroxyl groups is 2. The van der Waals surface area contributed by atoms with Gasteiger partial charge in [0.1, 0.15) is 0 Å². The minimum Gasteiger partial charge on any atom is -0.394 e. The van der Waals surface area contributed by atoms with Crippen molar-refractivity contribution in [3.63, 3.8) is 0 Å². The molecule has 59 heavy (non-hydrogen) atoms. The van der Waals surface area contributed by atoms with Crippen LogP contribution in [0.1, 0.15) is 290 Å². The van der Waals surface area contributed by atoms with E-state index in [-0.39, 0.29) is 12.5 Å². The normalized spacial score (nSPS) is 13.1. The molecule has 2 atom stereocenters. The number of allylic oxidation sites excluding steroid dienone is 5. The van der Waals surface area contributed by atoms with Crippen LogP contribution in [0, 0.1) is 0 Å². The average molecular weight is 828 g/mol. The van der Waals surface area contributed by atoms with E-state index in [2.05, 4.69) is 43.5 Å². The number of hydrogen-bond donors (Lipinski definition) is 3. The summed E-state index contributed by atoms with van der Waals surface area (Å²) in [5.74, 6) is -0.0704. The van der Waals surface area contributed by atoms with E-state index in [1.807, 2.05) is 6.08 Å². The maximum atomic E-state index is 12.4. The van der Waals surface area contributed by atoms with Gasteiger partial charge in [0.2, 0.25) is 5.91 Å². The van der Waals surface area contributed by atoms with Crippen molar-refractivity contribution < 1.29 is 15.0 Å². The summed E-state index contributed by atoms with van der Waals surface area (Å²) >= 11 is 0. The molecule has 0 spiro atoms. The zero-order chi connectivity index (χ0) is 42.8. The summed E-state index contributed by atoms with van der Waals surface area (Å²) in [5.41, 5.74) is 0. The monoisotopic (exact) mass is 828 g/mol. The summed E-state index contributed by atoms with van der Waals surface area (Å²) in [5, 5.41) is 23.0. The SMILES string of the molecule is CCCCCCCCCCC/C=C/CC/C=C/C(O)C(CO)NC(=O)CCCCCCCCCCCCCCCCCC/C=C\CCCCCCCCCCCCCC. The molecule has 3 N–H and O–H groups in total. The van der Waals surface area contributed by atoms with Crippen LogP contribution in [0.2, 0.25) is 0 Å². The number of carbonyl (C=O) groups excluding carboxylic acids is 1. The second-order valence-corrected chi connectivity index (χ2v) is 18.3. The average Bonchev–Trinajstić information content (AvgIpc) is 3.24. The molecule has 0 rings (SSSR count). The smallest absolute Gasteiger partial charge is 0.220 e. The maximum Gasteiger partial charge on any atom is 0.220 e. The first-order valence-electron chi connectivity index (χ1n) is 26.7. The summed E-state index contributed by atoms with van der Waals surface area (Å²) in [6, 6.07) is -0.637. The van der Waals surface area contributed by atoms with Gasteiger partial charge in [0.25, 0.3) is 0 Å². The fourth-order valence-corrected chi connectivity index (χ4v) is 8.25. The number of rotatable bonds is 49. The highest BCUT2D eigenvalue weighted by Gasteiger charge is 2.17. The number of unbranched alkanes of at least 4 members (excludes halogenated alkanes) is 38. The maximum absolute atomic E-state index is 12.4. The first-order chi connectivity index (χ1) is 29.2. The number of hydrogen-bond acceptors (Lipinski definition) is 3. The largest absolute Gasteiger partial charge is 0.394 e. The van der Waals surface area contributed by atoms with Gasteiger partial charge in [-0.3, -0.25) is 4.79 Å². The van der Waals surface area contributed by atoms with Crippen molar-refractivity contribution >= 4 is 5.91 Å². The third-order valence-electron chi connectivity index (χ3n) is 12.3. The fraction of sp³-hybridized carbons (Fsp3) is 0.873. The van der Waals surface area contributed by atoms with E-state index < -0.39 is 12.1 Å². The molecule has 0 bridgehead atoms. The van der Waals surface area contributed by atoms with Crippen LogP contribution < -0.4 is 5.32 Å². The van der Waals surface area contributed by atoms with Gasteiger partial charge in [0.15, 0.2) is 0 Å². The molecule has 1 amide bonds. The molecule has 2 unspecified atom stereocenters. The van der Waals surface area contributed by atoms with Crippen molar-refractivity contribution in [1.82, 2.24) is 5.32 Å². The van der Waals surface area contributed by atoms with Crippen LogP contribution in [0.3, 0.4) is 0 Å². The Labute approximate surface area is 370 Å². The lowest BCUT2D eigenvalue weighted by molar-refractivity contribution is -0.123. The van der Waals surface area contributed by atoms with Gasteiger partial charge >= 0.3 is 0 Å². The van der Waals surface area contributed by atoms with E-state index >= 15 is 0 Å². The first-order valence-corrected chi connectivity index (χ1v) is 26.7. The van der Waals surface area contributed by atoms with Gasteiger partial charge in [0.05, 0.1) is 18.8 Å². The van der Waals surface area contributed by atoms with Crippen molar-refractivity contribution in [3.05, 3.63) is 36.5 Å². The van der Waals surface area contributed by atoms with E-state index in [1.165, 1.54) is 238 Å². The van der Waals surface area contributed by atoms with Gasteiger partial charge in [-0.15, -0.1) is 0 Å². The molecule has 0 heterocycles. The lowest BCUT2D eigenvalue weighted by Crippen LogP contribution is -2.45. The zero-order valence-electron chi connectivity index (χ0n) is 40.0. The fourth-order valence-electron chi connectivity index (χ4n) is 8.25. The Morgan fingerprint density at radius 1 is 0.390 bits per heavy atom. The van der Waals surface area contributed by atoms with Crippen LogP contribution in [0.5, 0.6) is 0 Å². The second-order valence-electron chi connectivity index (χ2n) is 18.3. The highest BCUT2D eigenvalue weighted by molar-refractivity contribution is 5.76. The molecule has 4 nitrogen and oxygen atoms in total. The third kappa shape index (κ3) is 47.5. The predicted octanol–water partition coefficient (Wildman–Crippen LogP) is 17.3. The lowest BCUT2D eigenvalue weighted by Gasteiger charge is -2.19.